The minimum atomic E-state index is -1.42. The van der Waals surface area contributed by atoms with Gasteiger partial charge >= 0.3 is 35.0 Å². The van der Waals surface area contributed by atoms with Crippen LogP contribution in [0, 0.1) is 29.6 Å². The number of esters is 2. The zero-order valence-electron chi connectivity index (χ0n) is 23.9. The largest absolute Gasteiger partial charge is 0.480 e. The van der Waals surface area contributed by atoms with Crippen molar-refractivity contribution in [3.63, 3.8) is 0 Å². The lowest BCUT2D eigenvalue weighted by Gasteiger charge is -2.47. The Bertz CT molecular complexity index is 1500. The fourth-order valence-electron chi connectivity index (χ4n) is 8.63. The van der Waals surface area contributed by atoms with Gasteiger partial charge in [-0.1, -0.05) is 0 Å². The number of epoxide rings is 1. The molecule has 14 nitrogen and oxygen atoms in total. The Labute approximate surface area is 245 Å². The first-order chi connectivity index (χ1) is 20.6. The molecule has 1 spiro atoms. The number of aromatic nitrogens is 3. The number of nitrogens with zero attached hydrogens (tertiary/aromatic N) is 3. The number of ether oxygens (including phenoxy) is 4. The molecule has 8 rings (SSSR count). The van der Waals surface area contributed by atoms with Gasteiger partial charge in [-0.3, -0.25) is 14.4 Å². The van der Waals surface area contributed by atoms with Crippen molar-refractivity contribution in [2.45, 2.75) is 101 Å². The maximum absolute atomic E-state index is 13.1. The molecule has 4 aliphatic carbocycles. The molecule has 0 amide bonds. The van der Waals surface area contributed by atoms with E-state index in [1.807, 2.05) is 0 Å². The second-order valence-electron chi connectivity index (χ2n) is 13.2. The van der Waals surface area contributed by atoms with Crippen LogP contribution in [0.4, 0.5) is 0 Å². The molecule has 4 heterocycles. The highest BCUT2D eigenvalue weighted by Crippen LogP contribution is 2.63. The van der Waals surface area contributed by atoms with E-state index in [0.717, 1.165) is 41.2 Å². The second-order valence-corrected chi connectivity index (χ2v) is 13.2. The van der Waals surface area contributed by atoms with E-state index in [4.69, 9.17) is 18.9 Å². The maximum Gasteiger partial charge on any atom is 0.336 e. The van der Waals surface area contributed by atoms with Crippen LogP contribution >= 0.6 is 0 Å². The van der Waals surface area contributed by atoms with Crippen LogP contribution in [0.2, 0.25) is 0 Å². The first-order valence-corrected chi connectivity index (χ1v) is 15.4. The predicted molar refractivity (Wildman–Crippen MR) is 144 cm³/mol. The van der Waals surface area contributed by atoms with Crippen LogP contribution in [-0.4, -0.2) is 73.8 Å². The van der Waals surface area contributed by atoms with Gasteiger partial charge in [0.1, 0.15) is 6.54 Å². The lowest BCUT2D eigenvalue weighted by molar-refractivity contribution is -0.218. The summed E-state index contributed by atoms with van der Waals surface area (Å²) >= 11 is 0. The van der Waals surface area contributed by atoms with Gasteiger partial charge in [-0.05, 0) is 62.2 Å². The first-order valence-electron chi connectivity index (χ1n) is 15.4. The Kier molecular flexibility index (Phi) is 7.11. The number of aliphatic carboxylic acids is 1. The van der Waals surface area contributed by atoms with Crippen molar-refractivity contribution < 1.29 is 38.4 Å². The van der Waals surface area contributed by atoms with E-state index >= 15 is 0 Å². The van der Waals surface area contributed by atoms with Crippen LogP contribution in [0.15, 0.2) is 14.4 Å². The number of carboxylic acids is 1. The van der Waals surface area contributed by atoms with Crippen molar-refractivity contribution in [2.24, 2.45) is 29.6 Å². The van der Waals surface area contributed by atoms with Crippen LogP contribution in [0.5, 0.6) is 0 Å². The second kappa shape index (κ2) is 10.7. The number of hydrogen-bond acceptors (Lipinski definition) is 10. The van der Waals surface area contributed by atoms with Gasteiger partial charge < -0.3 is 24.1 Å². The van der Waals surface area contributed by atoms with E-state index in [1.165, 1.54) is 0 Å². The number of rotatable bonds is 14. The van der Waals surface area contributed by atoms with Gasteiger partial charge in [-0.2, -0.15) is 0 Å². The highest BCUT2D eigenvalue weighted by atomic mass is 16.6. The molecule has 1 N–H and O–H groups in total. The zero-order chi connectivity index (χ0) is 30.0. The molecule has 5 bridgehead atoms. The standard InChI is InChI=1S/C29H37N3O11/c33-21(34)12-32-27(38)30(5-1-3-22(35)40-13-17-7-15-9-19(17)25-24(15)42-25)26(37)31(28(32)39)6-2-4-23(36)41-14-18-8-16-10-29(18)11-20(16)43-29/h15-20,24-25H,1-14H2,(H,33,34). The molecule has 9 unspecified atom stereocenters. The Hall–Kier alpha value is -3.26. The molecule has 4 saturated carbocycles. The Morgan fingerprint density at radius 1 is 0.814 bits per heavy atom. The van der Waals surface area contributed by atoms with Crippen molar-refractivity contribution >= 4 is 17.9 Å². The molecule has 7 fully saturated rings. The Morgan fingerprint density at radius 3 is 1.98 bits per heavy atom. The minimum Gasteiger partial charge on any atom is -0.480 e. The van der Waals surface area contributed by atoms with Crippen LogP contribution in [-0.2, 0) is 53.0 Å². The fraction of sp³-hybridized carbons (Fsp3) is 0.793. The number of carbonyl (C=O) groups excluding carboxylic acids is 2. The van der Waals surface area contributed by atoms with Crippen LogP contribution in [0.1, 0.15) is 57.8 Å². The smallest absolute Gasteiger partial charge is 0.336 e. The van der Waals surface area contributed by atoms with E-state index in [-0.39, 0.29) is 56.9 Å². The highest BCUT2D eigenvalue weighted by Gasteiger charge is 2.67. The third-order valence-corrected chi connectivity index (χ3v) is 10.7. The number of fused-ring (bicyclic) bond motifs is 5. The summed E-state index contributed by atoms with van der Waals surface area (Å²) < 4.78 is 24.5. The molecule has 1 aromatic rings. The summed E-state index contributed by atoms with van der Waals surface area (Å²) in [5.74, 6) is -0.290. The number of carbonyl (C=O) groups is 3. The normalized spacial score (nSPS) is 35.4. The molecule has 9 atom stereocenters. The Balaban J connectivity index is 0.923. The van der Waals surface area contributed by atoms with Crippen molar-refractivity contribution in [1.29, 1.82) is 0 Å². The van der Waals surface area contributed by atoms with Gasteiger partial charge in [0.15, 0.2) is 0 Å². The lowest BCUT2D eigenvalue weighted by Crippen LogP contribution is -2.55. The van der Waals surface area contributed by atoms with E-state index in [9.17, 15) is 33.9 Å². The Morgan fingerprint density at radius 2 is 1.44 bits per heavy atom. The lowest BCUT2D eigenvalue weighted by atomic mass is 9.79. The van der Waals surface area contributed by atoms with E-state index in [1.54, 1.807) is 0 Å². The molecule has 14 heteroatoms. The fourth-order valence-corrected chi connectivity index (χ4v) is 8.63. The predicted octanol–water partition coefficient (Wildman–Crippen LogP) is -0.106. The molecule has 234 valence electrons. The van der Waals surface area contributed by atoms with Gasteiger partial charge in [0, 0.05) is 38.3 Å². The summed E-state index contributed by atoms with van der Waals surface area (Å²) in [6.07, 6.45) is 6.31. The monoisotopic (exact) mass is 603 g/mol. The maximum atomic E-state index is 13.1. The molecule has 3 aliphatic heterocycles. The van der Waals surface area contributed by atoms with Crippen LogP contribution in [0.3, 0.4) is 0 Å². The zero-order valence-corrected chi connectivity index (χ0v) is 23.9. The van der Waals surface area contributed by atoms with Crippen molar-refractivity contribution in [3.05, 3.63) is 31.5 Å². The van der Waals surface area contributed by atoms with E-state index < -0.39 is 41.5 Å². The minimum absolute atomic E-state index is 0.0477. The molecule has 3 saturated heterocycles. The first kappa shape index (κ1) is 28.5. The van der Waals surface area contributed by atoms with E-state index in [2.05, 4.69) is 0 Å². The summed E-state index contributed by atoms with van der Waals surface area (Å²) in [5.41, 5.74) is -3.18. The highest BCUT2D eigenvalue weighted by molar-refractivity contribution is 5.69. The average Bonchev–Trinajstić information content (AvgIpc) is 3.28. The topological polar surface area (TPSA) is 178 Å². The summed E-state index contributed by atoms with van der Waals surface area (Å²) in [5, 5.41) is 9.25. The molecule has 7 aliphatic rings. The van der Waals surface area contributed by atoms with Crippen molar-refractivity contribution in [1.82, 2.24) is 13.7 Å². The van der Waals surface area contributed by atoms with Gasteiger partial charge in [0.05, 0.1) is 37.1 Å². The third kappa shape index (κ3) is 5.05. The van der Waals surface area contributed by atoms with Crippen LogP contribution in [0.25, 0.3) is 0 Å². The third-order valence-electron chi connectivity index (χ3n) is 10.7. The van der Waals surface area contributed by atoms with Crippen molar-refractivity contribution in [2.75, 3.05) is 13.2 Å². The van der Waals surface area contributed by atoms with Crippen LogP contribution < -0.4 is 17.1 Å². The molecule has 0 radical (unpaired) electrons. The quantitative estimate of drug-likeness (QED) is 0.222. The van der Waals surface area contributed by atoms with Gasteiger partial charge in [-0.25, -0.2) is 28.1 Å². The van der Waals surface area contributed by atoms with Gasteiger partial charge in [-0.15, -0.1) is 0 Å². The summed E-state index contributed by atoms with van der Waals surface area (Å²) in [4.78, 5) is 75.1. The number of carboxylic acid groups (broad SMARTS) is 1. The van der Waals surface area contributed by atoms with Gasteiger partial charge in [0.2, 0.25) is 0 Å². The van der Waals surface area contributed by atoms with E-state index in [0.29, 0.717) is 53.2 Å². The summed E-state index contributed by atoms with van der Waals surface area (Å²) in [7, 11) is 0. The molecular formula is C29H37N3O11. The van der Waals surface area contributed by atoms with Gasteiger partial charge in [0.25, 0.3) is 0 Å². The van der Waals surface area contributed by atoms with Crippen molar-refractivity contribution in [3.8, 4) is 0 Å². The molecule has 43 heavy (non-hydrogen) atoms. The number of hydrogen-bond donors (Lipinski definition) is 1. The summed E-state index contributed by atoms with van der Waals surface area (Å²) in [6.45, 7) is -0.735. The average molecular weight is 604 g/mol. The molecular weight excluding hydrogens is 566 g/mol. The molecule has 1 aromatic heterocycles. The summed E-state index contributed by atoms with van der Waals surface area (Å²) in [6, 6.07) is 0. The molecule has 0 aromatic carbocycles. The SMILES string of the molecule is O=C(O)Cn1c(=O)n(CCCC(=O)OCC2CC3CC2C2OC32)c(=O)n(CCCC(=O)OCC2CC3CC24CC3O4)c1=O.